The number of aliphatic hydroxyl groups is 1. The standard InChI is InChI=1S/C15H18F6O3S/c1-7(2)12(22)24-6-9-4-10-3-8(11(9)25-10)5-13(23,14(16,17)18)15(19,20)21/h8-11,23H,1,3-6H2,2H3. The van der Waals surface area contributed by atoms with E-state index in [4.69, 9.17) is 4.74 Å². The van der Waals surface area contributed by atoms with Crippen molar-refractivity contribution in [3.8, 4) is 0 Å². The van der Waals surface area contributed by atoms with E-state index in [9.17, 15) is 36.2 Å². The fourth-order valence-electron chi connectivity index (χ4n) is 3.42. The maximum Gasteiger partial charge on any atom is 0.426 e. The molecule has 4 atom stereocenters. The first-order valence-corrected chi connectivity index (χ1v) is 8.54. The van der Waals surface area contributed by atoms with Crippen LogP contribution < -0.4 is 0 Å². The quantitative estimate of drug-likeness (QED) is 0.439. The third-order valence-corrected chi connectivity index (χ3v) is 6.54. The SMILES string of the molecule is C=C(C)C(=O)OCC1CC2CC(CC(O)(C(F)(F)F)C(F)(F)F)C1S2. The van der Waals surface area contributed by atoms with Crippen LogP contribution in [-0.2, 0) is 9.53 Å². The molecule has 2 aliphatic rings. The fraction of sp³-hybridized carbons (Fsp3) is 0.800. The number of esters is 1. The van der Waals surface area contributed by atoms with E-state index in [0.717, 1.165) is 0 Å². The lowest BCUT2D eigenvalue weighted by molar-refractivity contribution is -0.372. The van der Waals surface area contributed by atoms with Crippen molar-refractivity contribution >= 4 is 17.7 Å². The maximum absolute atomic E-state index is 12.9. The molecule has 3 nitrogen and oxygen atoms in total. The van der Waals surface area contributed by atoms with Gasteiger partial charge in [-0.25, -0.2) is 4.79 Å². The molecule has 0 aromatic carbocycles. The Morgan fingerprint density at radius 3 is 2.12 bits per heavy atom. The van der Waals surface area contributed by atoms with E-state index in [2.05, 4.69) is 6.58 Å². The van der Waals surface area contributed by atoms with Gasteiger partial charge in [-0.2, -0.15) is 38.1 Å². The number of alkyl halides is 6. The van der Waals surface area contributed by atoms with Crippen molar-refractivity contribution in [3.05, 3.63) is 12.2 Å². The van der Waals surface area contributed by atoms with Crippen molar-refractivity contribution in [1.82, 2.24) is 0 Å². The second-order valence-electron chi connectivity index (χ2n) is 6.65. The van der Waals surface area contributed by atoms with Gasteiger partial charge in [-0.15, -0.1) is 0 Å². The lowest BCUT2D eigenvalue weighted by atomic mass is 9.76. The Labute approximate surface area is 144 Å². The third kappa shape index (κ3) is 3.94. The molecule has 2 heterocycles. The van der Waals surface area contributed by atoms with Crippen LogP contribution in [0.15, 0.2) is 12.2 Å². The molecule has 0 spiro atoms. The minimum Gasteiger partial charge on any atom is -0.462 e. The number of halogens is 6. The Morgan fingerprint density at radius 2 is 1.68 bits per heavy atom. The summed E-state index contributed by atoms with van der Waals surface area (Å²) < 4.78 is 82.3. The van der Waals surface area contributed by atoms with E-state index >= 15 is 0 Å². The second kappa shape index (κ2) is 6.68. The number of thioether (sulfide) groups is 1. The molecule has 2 aliphatic heterocycles. The largest absolute Gasteiger partial charge is 0.462 e. The minimum absolute atomic E-state index is 0.0766. The number of rotatable bonds is 5. The van der Waals surface area contributed by atoms with E-state index in [1.54, 1.807) is 0 Å². The van der Waals surface area contributed by atoms with Crippen molar-refractivity contribution in [2.75, 3.05) is 6.61 Å². The number of carbonyl (C=O) groups is 1. The first-order chi connectivity index (χ1) is 11.3. The number of ether oxygens (including phenoxy) is 1. The highest BCUT2D eigenvalue weighted by atomic mass is 32.2. The maximum atomic E-state index is 12.9. The average Bonchev–Trinajstić information content (AvgIpc) is 3.01. The number of hydrogen-bond donors (Lipinski definition) is 1. The topological polar surface area (TPSA) is 46.5 Å². The van der Waals surface area contributed by atoms with Gasteiger partial charge in [-0.1, -0.05) is 6.58 Å². The first kappa shape index (κ1) is 20.4. The molecule has 0 amide bonds. The number of fused-ring (bicyclic) bond motifs is 2. The smallest absolute Gasteiger partial charge is 0.426 e. The summed E-state index contributed by atoms with van der Waals surface area (Å²) in [5, 5.41) is 8.79. The van der Waals surface area contributed by atoms with E-state index in [-0.39, 0.29) is 29.8 Å². The van der Waals surface area contributed by atoms with Gasteiger partial charge in [0.2, 0.25) is 0 Å². The predicted molar refractivity (Wildman–Crippen MR) is 78.8 cm³/mol. The fourth-order valence-corrected chi connectivity index (χ4v) is 5.42. The molecule has 1 N–H and O–H groups in total. The summed E-state index contributed by atoms with van der Waals surface area (Å²) in [7, 11) is 0. The molecule has 4 unspecified atom stereocenters. The van der Waals surface area contributed by atoms with Crippen LogP contribution in [0, 0.1) is 11.8 Å². The minimum atomic E-state index is -5.81. The number of hydrogen-bond acceptors (Lipinski definition) is 4. The second-order valence-corrected chi connectivity index (χ2v) is 8.14. The molecule has 2 bridgehead atoms. The lowest BCUT2D eigenvalue weighted by Crippen LogP contribution is -2.58. The van der Waals surface area contributed by atoms with Gasteiger partial charge in [0.05, 0.1) is 6.61 Å². The molecule has 0 aliphatic carbocycles. The van der Waals surface area contributed by atoms with Crippen LogP contribution >= 0.6 is 11.8 Å². The molecule has 144 valence electrons. The van der Waals surface area contributed by atoms with Crippen molar-refractivity contribution in [3.63, 3.8) is 0 Å². The Balaban J connectivity index is 2.08. The lowest BCUT2D eigenvalue weighted by Gasteiger charge is -2.37. The van der Waals surface area contributed by atoms with Gasteiger partial charge in [-0.3, -0.25) is 0 Å². The van der Waals surface area contributed by atoms with E-state index in [0.29, 0.717) is 6.42 Å². The van der Waals surface area contributed by atoms with Gasteiger partial charge in [0, 0.05) is 22.0 Å². The van der Waals surface area contributed by atoms with Crippen LogP contribution in [0.1, 0.15) is 26.2 Å². The van der Waals surface area contributed by atoms with Crippen LogP contribution in [0.5, 0.6) is 0 Å². The summed E-state index contributed by atoms with van der Waals surface area (Å²) in [6.45, 7) is 4.76. The highest BCUT2D eigenvalue weighted by molar-refractivity contribution is 8.01. The third-order valence-electron chi connectivity index (χ3n) is 4.68. The zero-order valence-corrected chi connectivity index (χ0v) is 14.1. The first-order valence-electron chi connectivity index (χ1n) is 7.60. The van der Waals surface area contributed by atoms with Crippen LogP contribution in [0.3, 0.4) is 0 Å². The molecule has 0 saturated carbocycles. The summed E-state index contributed by atoms with van der Waals surface area (Å²) in [6.07, 6.45) is -12.3. The van der Waals surface area contributed by atoms with Crippen molar-refractivity contribution in [2.45, 2.75) is 54.6 Å². The average molecular weight is 392 g/mol. The normalized spacial score (nSPS) is 29.8. The highest BCUT2D eigenvalue weighted by Crippen LogP contribution is 2.57. The zero-order chi connectivity index (χ0) is 19.2. The summed E-state index contributed by atoms with van der Waals surface area (Å²) in [6, 6.07) is 0. The van der Waals surface area contributed by atoms with Crippen molar-refractivity contribution in [1.29, 1.82) is 0 Å². The molecule has 2 saturated heterocycles. The molecule has 10 heteroatoms. The summed E-state index contributed by atoms with van der Waals surface area (Å²) in [5.41, 5.74) is -4.56. The van der Waals surface area contributed by atoms with E-state index in [1.807, 2.05) is 0 Å². The van der Waals surface area contributed by atoms with Crippen molar-refractivity contribution in [2.24, 2.45) is 11.8 Å². The molecule has 2 rings (SSSR count). The molecule has 0 radical (unpaired) electrons. The molecule has 25 heavy (non-hydrogen) atoms. The molecular weight excluding hydrogens is 374 g/mol. The Hall–Kier alpha value is -0.900. The van der Waals surface area contributed by atoms with Gasteiger partial charge in [0.25, 0.3) is 5.60 Å². The highest BCUT2D eigenvalue weighted by Gasteiger charge is 2.71. The molecule has 0 aromatic rings. The number of carbonyl (C=O) groups excluding carboxylic acids is 1. The van der Waals surface area contributed by atoms with E-state index in [1.165, 1.54) is 18.7 Å². The van der Waals surface area contributed by atoms with Crippen LogP contribution in [0.4, 0.5) is 26.3 Å². The van der Waals surface area contributed by atoms with Crippen molar-refractivity contribution < 1.29 is 41.0 Å². The Kier molecular flexibility index (Phi) is 5.45. The molecule has 2 fully saturated rings. The van der Waals surface area contributed by atoms with Gasteiger partial charge in [0.15, 0.2) is 0 Å². The summed E-state index contributed by atoms with van der Waals surface area (Å²) in [5.74, 6) is -1.93. The van der Waals surface area contributed by atoms with Gasteiger partial charge < -0.3 is 9.84 Å². The zero-order valence-electron chi connectivity index (χ0n) is 13.3. The van der Waals surface area contributed by atoms with Gasteiger partial charge in [0.1, 0.15) is 0 Å². The van der Waals surface area contributed by atoms with Gasteiger partial charge in [-0.05, 0) is 32.1 Å². The predicted octanol–water partition coefficient (Wildman–Crippen LogP) is 3.86. The molecular formula is C15H18F6O3S. The summed E-state index contributed by atoms with van der Waals surface area (Å²) >= 11 is 1.31. The Bertz CT molecular complexity index is 530. The van der Waals surface area contributed by atoms with Crippen LogP contribution in [-0.4, -0.2) is 46.1 Å². The van der Waals surface area contributed by atoms with Crippen LogP contribution in [0.2, 0.25) is 0 Å². The Morgan fingerprint density at radius 1 is 1.16 bits per heavy atom. The molecule has 0 aromatic heterocycles. The summed E-state index contributed by atoms with van der Waals surface area (Å²) in [4.78, 5) is 11.4. The van der Waals surface area contributed by atoms with Crippen LogP contribution in [0.25, 0.3) is 0 Å². The van der Waals surface area contributed by atoms with E-state index < -0.39 is 41.5 Å². The monoisotopic (exact) mass is 392 g/mol. The van der Waals surface area contributed by atoms with Gasteiger partial charge >= 0.3 is 18.3 Å².